The Kier molecular flexibility index (Phi) is 5.64. The fraction of sp³-hybridized carbons (Fsp3) is 0.364. The average Bonchev–Trinajstić information content (AvgIpc) is 2.69. The highest BCUT2D eigenvalue weighted by Crippen LogP contribution is 2.25. The van der Waals surface area contributed by atoms with Crippen molar-refractivity contribution in [2.24, 2.45) is 5.92 Å². The second-order valence-corrected chi connectivity index (χ2v) is 6.90. The van der Waals surface area contributed by atoms with Crippen LogP contribution in [-0.2, 0) is 4.79 Å². The molecule has 1 saturated heterocycles. The van der Waals surface area contributed by atoms with Crippen molar-refractivity contribution in [3.8, 4) is 0 Å². The van der Waals surface area contributed by atoms with Gasteiger partial charge >= 0.3 is 0 Å². The Morgan fingerprint density at radius 2 is 1.52 bits per heavy atom. The van der Waals surface area contributed by atoms with Gasteiger partial charge in [0.05, 0.1) is 0 Å². The van der Waals surface area contributed by atoms with Crippen molar-refractivity contribution in [3.63, 3.8) is 0 Å². The van der Waals surface area contributed by atoms with Gasteiger partial charge in [-0.2, -0.15) is 0 Å². The minimum atomic E-state index is 0.0398. The van der Waals surface area contributed by atoms with Gasteiger partial charge in [0.15, 0.2) is 5.78 Å². The molecule has 1 heterocycles. The molecule has 0 aromatic heterocycles. The van der Waals surface area contributed by atoms with Crippen LogP contribution in [0.15, 0.2) is 60.7 Å². The van der Waals surface area contributed by atoms with E-state index in [4.69, 9.17) is 0 Å². The summed E-state index contributed by atoms with van der Waals surface area (Å²) >= 11 is 0. The molecular weight excluding hydrogens is 310 g/mol. The lowest BCUT2D eigenvalue weighted by atomic mass is 9.88. The monoisotopic (exact) mass is 335 g/mol. The maximum absolute atomic E-state index is 12.6. The number of hydrogen-bond acceptors (Lipinski definition) is 2. The van der Waals surface area contributed by atoms with E-state index in [1.54, 1.807) is 0 Å². The van der Waals surface area contributed by atoms with E-state index >= 15 is 0 Å². The Hall–Kier alpha value is -2.42. The molecule has 0 saturated carbocycles. The summed E-state index contributed by atoms with van der Waals surface area (Å²) in [6, 6.07) is 19.6. The quantitative estimate of drug-likeness (QED) is 0.764. The zero-order valence-corrected chi connectivity index (χ0v) is 14.7. The lowest BCUT2D eigenvalue weighted by Crippen LogP contribution is -2.40. The number of hydrogen-bond donors (Lipinski definition) is 0. The summed E-state index contributed by atoms with van der Waals surface area (Å²) in [6.45, 7) is 3.46. The number of rotatable bonds is 5. The minimum Gasteiger partial charge on any atom is -0.343 e. The molecule has 0 spiro atoms. The van der Waals surface area contributed by atoms with E-state index in [9.17, 15) is 9.59 Å². The average molecular weight is 335 g/mol. The summed E-state index contributed by atoms with van der Waals surface area (Å²) in [5.74, 6) is 0.669. The number of Topliss-reactive ketones (excluding diaryl/α,β-unsaturated/α-hetero) is 1. The third-order valence-electron chi connectivity index (χ3n) is 5.13. The molecule has 3 rings (SSSR count). The van der Waals surface area contributed by atoms with E-state index in [-0.39, 0.29) is 23.5 Å². The zero-order chi connectivity index (χ0) is 17.6. The molecule has 1 amide bonds. The maximum Gasteiger partial charge on any atom is 0.223 e. The van der Waals surface area contributed by atoms with Gasteiger partial charge in [0, 0.05) is 31.0 Å². The van der Waals surface area contributed by atoms with Crippen molar-refractivity contribution in [2.45, 2.75) is 32.1 Å². The second kappa shape index (κ2) is 8.11. The third-order valence-corrected chi connectivity index (χ3v) is 5.13. The van der Waals surface area contributed by atoms with Crippen molar-refractivity contribution < 1.29 is 9.59 Å². The molecule has 1 atom stereocenters. The van der Waals surface area contributed by atoms with Gasteiger partial charge in [-0.1, -0.05) is 67.6 Å². The first kappa shape index (κ1) is 17.4. The van der Waals surface area contributed by atoms with E-state index in [0.717, 1.165) is 18.4 Å². The summed E-state index contributed by atoms with van der Waals surface area (Å²) < 4.78 is 0. The van der Waals surface area contributed by atoms with Crippen LogP contribution in [0.5, 0.6) is 0 Å². The summed E-state index contributed by atoms with van der Waals surface area (Å²) in [5, 5.41) is 0. The zero-order valence-electron chi connectivity index (χ0n) is 14.7. The fourth-order valence-corrected chi connectivity index (χ4v) is 3.52. The predicted molar refractivity (Wildman–Crippen MR) is 99.6 cm³/mol. The van der Waals surface area contributed by atoms with Gasteiger partial charge < -0.3 is 4.90 Å². The maximum atomic E-state index is 12.6. The molecule has 1 unspecified atom stereocenters. The Labute approximate surface area is 149 Å². The van der Waals surface area contributed by atoms with Crippen LogP contribution in [0.2, 0.25) is 0 Å². The van der Waals surface area contributed by atoms with Crippen molar-refractivity contribution in [3.05, 3.63) is 71.8 Å². The summed E-state index contributed by atoms with van der Waals surface area (Å²) in [5.41, 5.74) is 1.98. The number of ketones is 1. The molecular formula is C22H25NO2. The second-order valence-electron chi connectivity index (χ2n) is 6.90. The number of amides is 1. The molecule has 0 radical (unpaired) electrons. The third kappa shape index (κ3) is 4.36. The molecule has 3 heteroatoms. The summed E-state index contributed by atoms with van der Waals surface area (Å²) in [7, 11) is 0. The first-order valence-electron chi connectivity index (χ1n) is 9.07. The van der Waals surface area contributed by atoms with Crippen LogP contribution in [0.3, 0.4) is 0 Å². The highest BCUT2D eigenvalue weighted by molar-refractivity contribution is 5.98. The van der Waals surface area contributed by atoms with Crippen LogP contribution >= 0.6 is 0 Å². The van der Waals surface area contributed by atoms with Gasteiger partial charge in [-0.15, -0.1) is 0 Å². The van der Waals surface area contributed by atoms with E-state index in [2.05, 4.69) is 19.1 Å². The molecule has 0 aliphatic carbocycles. The Morgan fingerprint density at radius 1 is 0.960 bits per heavy atom. The molecule has 3 nitrogen and oxygen atoms in total. The molecule has 2 aromatic carbocycles. The van der Waals surface area contributed by atoms with Gasteiger partial charge in [0.2, 0.25) is 5.91 Å². The van der Waals surface area contributed by atoms with Crippen molar-refractivity contribution in [1.82, 2.24) is 4.90 Å². The van der Waals surface area contributed by atoms with Crippen LogP contribution < -0.4 is 0 Å². The van der Waals surface area contributed by atoms with Crippen LogP contribution in [0.4, 0.5) is 0 Å². The van der Waals surface area contributed by atoms with Gasteiger partial charge in [-0.3, -0.25) is 9.59 Å². The highest BCUT2D eigenvalue weighted by Gasteiger charge is 2.28. The lowest BCUT2D eigenvalue weighted by Gasteiger charge is -2.32. The molecule has 0 bridgehead atoms. The molecule has 0 N–H and O–H groups in total. The smallest absolute Gasteiger partial charge is 0.223 e. The normalized spacial score (nSPS) is 16.4. The topological polar surface area (TPSA) is 37.4 Å². The summed E-state index contributed by atoms with van der Waals surface area (Å²) in [6.07, 6.45) is 2.06. The predicted octanol–water partition coefficient (Wildman–Crippen LogP) is 4.30. The largest absolute Gasteiger partial charge is 0.343 e. The van der Waals surface area contributed by atoms with E-state index in [0.29, 0.717) is 19.5 Å². The number of carbonyl (C=O) groups is 2. The molecule has 130 valence electrons. The van der Waals surface area contributed by atoms with Gasteiger partial charge in [0.1, 0.15) is 0 Å². The van der Waals surface area contributed by atoms with Crippen molar-refractivity contribution in [1.29, 1.82) is 0 Å². The van der Waals surface area contributed by atoms with Crippen LogP contribution in [0, 0.1) is 5.92 Å². The van der Waals surface area contributed by atoms with E-state index in [1.807, 2.05) is 53.4 Å². The first-order valence-corrected chi connectivity index (χ1v) is 9.07. The number of nitrogens with zero attached hydrogens (tertiary/aromatic N) is 1. The van der Waals surface area contributed by atoms with Crippen LogP contribution in [0.1, 0.15) is 48.0 Å². The first-order chi connectivity index (χ1) is 12.1. The summed E-state index contributed by atoms with van der Waals surface area (Å²) in [4.78, 5) is 27.0. The lowest BCUT2D eigenvalue weighted by molar-refractivity contribution is -0.132. The van der Waals surface area contributed by atoms with Gasteiger partial charge in [0.25, 0.3) is 0 Å². The van der Waals surface area contributed by atoms with Crippen molar-refractivity contribution >= 4 is 11.7 Å². The van der Waals surface area contributed by atoms with Crippen LogP contribution in [0.25, 0.3) is 0 Å². The minimum absolute atomic E-state index is 0.0398. The SMILES string of the molecule is CC(CC(=O)N1CCC(C(=O)c2ccccc2)CC1)c1ccccc1. The van der Waals surface area contributed by atoms with E-state index in [1.165, 1.54) is 5.56 Å². The van der Waals surface area contributed by atoms with Crippen LogP contribution in [-0.4, -0.2) is 29.7 Å². The fourth-order valence-electron chi connectivity index (χ4n) is 3.52. The standard InChI is InChI=1S/C22H25NO2/c1-17(18-8-4-2-5-9-18)16-21(24)23-14-12-20(13-15-23)22(25)19-10-6-3-7-11-19/h2-11,17,20H,12-16H2,1H3. The number of benzene rings is 2. The molecule has 1 fully saturated rings. The van der Waals surface area contributed by atoms with Gasteiger partial charge in [-0.25, -0.2) is 0 Å². The Bertz CT molecular complexity index is 703. The molecule has 1 aliphatic rings. The number of carbonyl (C=O) groups excluding carboxylic acids is 2. The Balaban J connectivity index is 1.52. The van der Waals surface area contributed by atoms with Crippen molar-refractivity contribution in [2.75, 3.05) is 13.1 Å². The molecule has 1 aliphatic heterocycles. The molecule has 2 aromatic rings. The number of piperidine rings is 1. The van der Waals surface area contributed by atoms with E-state index < -0.39 is 0 Å². The van der Waals surface area contributed by atoms with Gasteiger partial charge in [-0.05, 0) is 24.3 Å². The highest BCUT2D eigenvalue weighted by atomic mass is 16.2. The number of likely N-dealkylation sites (tertiary alicyclic amines) is 1. The Morgan fingerprint density at radius 3 is 2.12 bits per heavy atom. The molecule has 25 heavy (non-hydrogen) atoms.